The van der Waals surface area contributed by atoms with Crippen LogP contribution in [0.15, 0.2) is 30.3 Å². The van der Waals surface area contributed by atoms with Crippen LogP contribution >= 0.6 is 0 Å². The topological polar surface area (TPSA) is 69.6 Å². The van der Waals surface area contributed by atoms with Crippen molar-refractivity contribution in [1.82, 2.24) is 4.90 Å². The van der Waals surface area contributed by atoms with Crippen molar-refractivity contribution in [2.24, 2.45) is 5.92 Å². The number of piperidine rings is 1. The highest BCUT2D eigenvalue weighted by Gasteiger charge is 2.30. The predicted octanol–water partition coefficient (Wildman–Crippen LogP) is 2.11. The van der Waals surface area contributed by atoms with E-state index in [2.05, 4.69) is 11.4 Å². The summed E-state index contributed by atoms with van der Waals surface area (Å²) in [6.45, 7) is 2.69. The lowest BCUT2D eigenvalue weighted by Crippen LogP contribution is -2.49. The number of hydrogen-bond acceptors (Lipinski definition) is 3. The minimum absolute atomic E-state index is 0.156. The molecule has 1 aliphatic carbocycles. The molecular weight excluding hydrogens is 316 g/mol. The largest absolute Gasteiger partial charge is 0.391 e. The summed E-state index contributed by atoms with van der Waals surface area (Å²) in [5.74, 6) is -1.06. The summed E-state index contributed by atoms with van der Waals surface area (Å²) in [6, 6.07) is 10.0. The zero-order valence-corrected chi connectivity index (χ0v) is 14.3. The molecular formula is C20H22N2O3. The molecule has 2 atom stereocenters. The van der Waals surface area contributed by atoms with Crippen molar-refractivity contribution < 1.29 is 14.7 Å². The fraction of sp³-hybridized carbons (Fsp3) is 0.400. The lowest BCUT2D eigenvalue weighted by Gasteiger charge is -2.33. The molecule has 1 aliphatic heterocycles. The molecule has 2 N–H and O–H groups in total. The Morgan fingerprint density at radius 3 is 2.68 bits per heavy atom. The van der Waals surface area contributed by atoms with Gasteiger partial charge >= 0.3 is 11.8 Å². The van der Waals surface area contributed by atoms with Crippen molar-refractivity contribution in [3.8, 4) is 0 Å². The third-order valence-corrected chi connectivity index (χ3v) is 5.53. The van der Waals surface area contributed by atoms with Gasteiger partial charge in [-0.05, 0) is 47.8 Å². The fourth-order valence-corrected chi connectivity index (χ4v) is 3.91. The second kappa shape index (κ2) is 6.15. The normalized spacial score (nSPS) is 22.2. The van der Waals surface area contributed by atoms with Gasteiger partial charge in [0.1, 0.15) is 0 Å². The van der Waals surface area contributed by atoms with Crippen molar-refractivity contribution in [2.45, 2.75) is 32.3 Å². The number of anilines is 1. The molecule has 0 spiro atoms. The van der Waals surface area contributed by atoms with Crippen LogP contribution in [0.3, 0.4) is 0 Å². The second-order valence-corrected chi connectivity index (χ2v) is 7.15. The molecule has 0 bridgehead atoms. The first kappa shape index (κ1) is 16.1. The van der Waals surface area contributed by atoms with Crippen LogP contribution < -0.4 is 5.32 Å². The summed E-state index contributed by atoms with van der Waals surface area (Å²) < 4.78 is 0. The van der Waals surface area contributed by atoms with Gasteiger partial charge in [0.15, 0.2) is 0 Å². The molecule has 2 aromatic rings. The van der Waals surface area contributed by atoms with E-state index in [0.29, 0.717) is 18.7 Å². The van der Waals surface area contributed by atoms with Gasteiger partial charge in [-0.15, -0.1) is 0 Å². The van der Waals surface area contributed by atoms with Gasteiger partial charge in [0.25, 0.3) is 0 Å². The predicted molar refractivity (Wildman–Crippen MR) is 96.4 cm³/mol. The van der Waals surface area contributed by atoms with Gasteiger partial charge < -0.3 is 15.3 Å². The molecule has 2 amide bonds. The lowest BCUT2D eigenvalue weighted by atomic mass is 9.96. The van der Waals surface area contributed by atoms with Crippen molar-refractivity contribution >= 4 is 28.3 Å². The van der Waals surface area contributed by atoms with Gasteiger partial charge in [-0.3, -0.25) is 9.59 Å². The molecule has 0 aromatic heterocycles. The molecule has 0 radical (unpaired) electrons. The standard InChI is InChI=1S/C20H22N2O3/c1-12-9-10-22(11-17(12)23)20(25)19(24)21-16-8-7-14-6-5-13-3-2-4-15(16)18(13)14/h2-4,7-8,12,17,23H,5-6,9-11H2,1H3,(H,21,24). The SMILES string of the molecule is CC1CCN(C(=O)C(=O)Nc2ccc3c4c(cccc24)CC3)CC1O. The Hall–Kier alpha value is -2.40. The Kier molecular flexibility index (Phi) is 3.96. The van der Waals surface area contributed by atoms with Crippen molar-refractivity contribution in [1.29, 1.82) is 0 Å². The molecule has 4 rings (SSSR count). The highest BCUT2D eigenvalue weighted by molar-refractivity contribution is 6.40. The van der Waals surface area contributed by atoms with Crippen molar-refractivity contribution in [3.05, 3.63) is 41.5 Å². The van der Waals surface area contributed by atoms with Crippen LogP contribution in [0.25, 0.3) is 10.8 Å². The minimum Gasteiger partial charge on any atom is -0.391 e. The van der Waals surface area contributed by atoms with Crippen LogP contribution in [0.2, 0.25) is 0 Å². The minimum atomic E-state index is -0.638. The summed E-state index contributed by atoms with van der Waals surface area (Å²) in [4.78, 5) is 26.3. The number of aliphatic hydroxyl groups is 1. The number of likely N-dealkylation sites (tertiary alicyclic amines) is 1. The summed E-state index contributed by atoms with van der Waals surface area (Å²) in [5.41, 5.74) is 3.26. The smallest absolute Gasteiger partial charge is 0.313 e. The van der Waals surface area contributed by atoms with Crippen LogP contribution in [0.1, 0.15) is 24.5 Å². The quantitative estimate of drug-likeness (QED) is 0.783. The average Bonchev–Trinajstić information content (AvgIpc) is 3.04. The number of nitrogens with zero attached hydrogens (tertiary/aromatic N) is 1. The maximum atomic E-state index is 12.4. The molecule has 0 saturated carbocycles. The zero-order valence-electron chi connectivity index (χ0n) is 14.3. The van der Waals surface area contributed by atoms with E-state index in [1.165, 1.54) is 21.4 Å². The van der Waals surface area contributed by atoms with E-state index in [-0.39, 0.29) is 12.5 Å². The number of carbonyl (C=O) groups is 2. The molecule has 2 aliphatic rings. The summed E-state index contributed by atoms with van der Waals surface area (Å²) in [5, 5.41) is 14.9. The molecule has 5 heteroatoms. The van der Waals surface area contributed by atoms with Crippen LogP contribution in [-0.4, -0.2) is 41.0 Å². The number of amides is 2. The molecule has 2 unspecified atom stereocenters. The van der Waals surface area contributed by atoms with Gasteiger partial charge in [0.05, 0.1) is 6.10 Å². The van der Waals surface area contributed by atoms with E-state index in [0.717, 1.165) is 18.2 Å². The van der Waals surface area contributed by atoms with Gasteiger partial charge in [-0.1, -0.05) is 31.2 Å². The molecule has 1 saturated heterocycles. The molecule has 1 fully saturated rings. The number of β-amino-alcohol motifs (C(OH)–C–C–N with tert-alkyl or cyclic N) is 1. The fourth-order valence-electron chi connectivity index (χ4n) is 3.91. The summed E-state index contributed by atoms with van der Waals surface area (Å²) >= 11 is 0. The number of carbonyl (C=O) groups excluding carboxylic acids is 2. The van der Waals surface area contributed by atoms with Crippen LogP contribution in [-0.2, 0) is 22.4 Å². The maximum Gasteiger partial charge on any atom is 0.313 e. The van der Waals surface area contributed by atoms with E-state index in [1.807, 2.05) is 31.2 Å². The molecule has 25 heavy (non-hydrogen) atoms. The third kappa shape index (κ3) is 2.78. The van der Waals surface area contributed by atoms with Gasteiger partial charge in [-0.25, -0.2) is 0 Å². The Balaban J connectivity index is 1.56. The van der Waals surface area contributed by atoms with E-state index in [1.54, 1.807) is 0 Å². The maximum absolute atomic E-state index is 12.4. The van der Waals surface area contributed by atoms with E-state index in [4.69, 9.17) is 0 Å². The first-order chi connectivity index (χ1) is 12.0. The molecule has 1 heterocycles. The number of rotatable bonds is 1. The Morgan fingerprint density at radius 2 is 1.92 bits per heavy atom. The number of aliphatic hydroxyl groups excluding tert-OH is 1. The summed E-state index contributed by atoms with van der Waals surface area (Å²) in [7, 11) is 0. The highest BCUT2D eigenvalue weighted by atomic mass is 16.3. The first-order valence-corrected chi connectivity index (χ1v) is 8.86. The van der Waals surface area contributed by atoms with Crippen LogP contribution in [0, 0.1) is 5.92 Å². The third-order valence-electron chi connectivity index (χ3n) is 5.53. The Labute approximate surface area is 146 Å². The van der Waals surface area contributed by atoms with Gasteiger partial charge in [0.2, 0.25) is 0 Å². The number of benzene rings is 2. The van der Waals surface area contributed by atoms with E-state index < -0.39 is 17.9 Å². The second-order valence-electron chi connectivity index (χ2n) is 7.15. The molecule has 5 nitrogen and oxygen atoms in total. The van der Waals surface area contributed by atoms with Crippen molar-refractivity contribution in [2.75, 3.05) is 18.4 Å². The van der Waals surface area contributed by atoms with Crippen molar-refractivity contribution in [3.63, 3.8) is 0 Å². The lowest BCUT2D eigenvalue weighted by molar-refractivity contribution is -0.145. The van der Waals surface area contributed by atoms with E-state index in [9.17, 15) is 14.7 Å². The van der Waals surface area contributed by atoms with Crippen LogP contribution in [0.4, 0.5) is 5.69 Å². The van der Waals surface area contributed by atoms with Gasteiger partial charge in [-0.2, -0.15) is 0 Å². The number of aryl methyl sites for hydroxylation is 2. The number of hydrogen-bond donors (Lipinski definition) is 2. The Morgan fingerprint density at radius 1 is 1.16 bits per heavy atom. The van der Waals surface area contributed by atoms with Crippen LogP contribution in [0.5, 0.6) is 0 Å². The number of nitrogens with one attached hydrogen (secondary N) is 1. The first-order valence-electron chi connectivity index (χ1n) is 8.86. The van der Waals surface area contributed by atoms with E-state index >= 15 is 0 Å². The molecule has 130 valence electrons. The Bertz CT molecular complexity index is 851. The molecule has 2 aromatic carbocycles. The average molecular weight is 338 g/mol. The summed E-state index contributed by atoms with van der Waals surface area (Å²) in [6.07, 6.45) is 2.18. The highest BCUT2D eigenvalue weighted by Crippen LogP contribution is 2.35. The van der Waals surface area contributed by atoms with Gasteiger partial charge in [0, 0.05) is 24.2 Å². The monoisotopic (exact) mass is 338 g/mol. The zero-order chi connectivity index (χ0) is 17.6.